The fourth-order valence-corrected chi connectivity index (χ4v) is 3.09. The number of ether oxygens (including phenoxy) is 1. The lowest BCUT2D eigenvalue weighted by Crippen LogP contribution is -2.13. The van der Waals surface area contributed by atoms with Crippen molar-refractivity contribution in [2.75, 3.05) is 17.7 Å². The second-order valence-electron chi connectivity index (χ2n) is 6.92. The molecule has 0 aliphatic carbocycles. The number of nitrogens with one attached hydrogen (secondary N) is 3. The number of hydrogen-bond donors (Lipinski definition) is 3. The summed E-state index contributed by atoms with van der Waals surface area (Å²) in [6.07, 6.45) is 1.51. The Hall–Kier alpha value is -4.17. The first-order chi connectivity index (χ1) is 16.0. The van der Waals surface area contributed by atoms with Crippen LogP contribution in [0, 0.1) is 5.82 Å². The van der Waals surface area contributed by atoms with Crippen LogP contribution in [0.4, 0.5) is 27.4 Å². The molecule has 4 rings (SSSR count). The Morgan fingerprint density at radius 2 is 1.70 bits per heavy atom. The average Bonchev–Trinajstić information content (AvgIpc) is 3.23. The molecule has 33 heavy (non-hydrogen) atoms. The number of carbonyl (C=O) groups excluding carboxylic acids is 1. The SMILES string of the molecule is COc1ccc(Nc2[nH]nc(N=Cc3ccc(F)cc3)c2C(=O)Nc2ccc(Cl)cc2)cc1. The zero-order valence-corrected chi connectivity index (χ0v) is 18.2. The van der Waals surface area contributed by atoms with Crippen LogP contribution < -0.4 is 15.4 Å². The minimum atomic E-state index is -0.423. The highest BCUT2D eigenvalue weighted by Gasteiger charge is 2.21. The number of benzene rings is 3. The molecule has 0 atom stereocenters. The Morgan fingerprint density at radius 3 is 2.36 bits per heavy atom. The van der Waals surface area contributed by atoms with Gasteiger partial charge in [-0.2, -0.15) is 5.10 Å². The number of anilines is 3. The van der Waals surface area contributed by atoms with Gasteiger partial charge in [-0.15, -0.1) is 0 Å². The predicted octanol–water partition coefficient (Wildman–Crippen LogP) is 5.96. The molecular weight excluding hydrogens is 445 g/mol. The van der Waals surface area contributed by atoms with Crippen molar-refractivity contribution in [1.82, 2.24) is 10.2 Å². The van der Waals surface area contributed by atoms with Gasteiger partial charge in [-0.25, -0.2) is 9.38 Å². The summed E-state index contributed by atoms with van der Waals surface area (Å²) in [5.41, 5.74) is 2.15. The van der Waals surface area contributed by atoms with Crippen LogP contribution in [0.15, 0.2) is 77.8 Å². The number of rotatable bonds is 7. The molecule has 3 N–H and O–H groups in total. The second kappa shape index (κ2) is 9.97. The smallest absolute Gasteiger partial charge is 0.263 e. The van der Waals surface area contributed by atoms with Gasteiger partial charge in [-0.05, 0) is 66.2 Å². The van der Waals surface area contributed by atoms with Crippen molar-refractivity contribution >= 4 is 46.7 Å². The molecule has 1 aromatic heterocycles. The summed E-state index contributed by atoms with van der Waals surface area (Å²) < 4.78 is 18.3. The summed E-state index contributed by atoms with van der Waals surface area (Å²) in [4.78, 5) is 17.5. The standard InChI is InChI=1S/C24H19ClFN5O2/c1-33-20-12-10-18(11-13-20)28-23-21(24(32)29-19-8-4-16(25)5-9-19)22(30-31-23)27-14-15-2-6-17(26)7-3-15/h2-14H,1H3,(H,29,32)(H2,28,30,31). The fourth-order valence-electron chi connectivity index (χ4n) is 2.96. The first-order valence-corrected chi connectivity index (χ1v) is 10.3. The van der Waals surface area contributed by atoms with Gasteiger partial charge in [-0.1, -0.05) is 23.7 Å². The van der Waals surface area contributed by atoms with Crippen molar-refractivity contribution in [3.05, 3.63) is 94.8 Å². The molecule has 0 spiro atoms. The van der Waals surface area contributed by atoms with Crippen molar-refractivity contribution in [3.63, 3.8) is 0 Å². The van der Waals surface area contributed by atoms with Crippen LogP contribution in [0.1, 0.15) is 15.9 Å². The third-order valence-corrected chi connectivity index (χ3v) is 4.89. The van der Waals surface area contributed by atoms with Crippen LogP contribution >= 0.6 is 11.6 Å². The highest BCUT2D eigenvalue weighted by molar-refractivity contribution is 6.30. The zero-order valence-electron chi connectivity index (χ0n) is 17.5. The molecular formula is C24H19ClFN5O2. The van der Waals surface area contributed by atoms with E-state index >= 15 is 0 Å². The first kappa shape index (κ1) is 22.0. The molecule has 0 fully saturated rings. The number of hydrogen-bond acceptors (Lipinski definition) is 5. The molecule has 1 heterocycles. The number of carbonyl (C=O) groups is 1. The number of aliphatic imine (C=N–C) groups is 1. The van der Waals surface area contributed by atoms with Crippen molar-refractivity contribution < 1.29 is 13.9 Å². The number of amides is 1. The van der Waals surface area contributed by atoms with E-state index < -0.39 is 5.91 Å². The number of aromatic nitrogens is 2. The second-order valence-corrected chi connectivity index (χ2v) is 7.36. The van der Waals surface area contributed by atoms with E-state index in [1.165, 1.54) is 18.3 Å². The van der Waals surface area contributed by atoms with Gasteiger partial charge in [0.25, 0.3) is 5.91 Å². The number of methoxy groups -OCH3 is 1. The Balaban J connectivity index is 1.65. The molecule has 7 nitrogen and oxygen atoms in total. The minimum Gasteiger partial charge on any atom is -0.497 e. The lowest BCUT2D eigenvalue weighted by atomic mass is 10.2. The maximum atomic E-state index is 13.2. The Morgan fingerprint density at radius 1 is 1.03 bits per heavy atom. The van der Waals surface area contributed by atoms with Gasteiger partial charge in [0.2, 0.25) is 0 Å². The summed E-state index contributed by atoms with van der Waals surface area (Å²) in [5.74, 6) is 0.462. The molecule has 9 heteroatoms. The molecule has 0 radical (unpaired) electrons. The van der Waals surface area contributed by atoms with Crippen molar-refractivity contribution in [1.29, 1.82) is 0 Å². The number of nitrogens with zero attached hydrogens (tertiary/aromatic N) is 2. The third kappa shape index (κ3) is 5.55. The lowest BCUT2D eigenvalue weighted by Gasteiger charge is -2.09. The summed E-state index contributed by atoms with van der Waals surface area (Å²) in [6, 6.07) is 19.8. The Labute approximate surface area is 194 Å². The van der Waals surface area contributed by atoms with Gasteiger partial charge >= 0.3 is 0 Å². The van der Waals surface area contributed by atoms with E-state index in [9.17, 15) is 9.18 Å². The number of aromatic amines is 1. The summed E-state index contributed by atoms with van der Waals surface area (Å²) in [5, 5.41) is 13.5. The van der Waals surface area contributed by atoms with E-state index in [0.29, 0.717) is 33.5 Å². The highest BCUT2D eigenvalue weighted by Crippen LogP contribution is 2.28. The summed E-state index contributed by atoms with van der Waals surface area (Å²) >= 11 is 5.93. The molecule has 0 aliphatic heterocycles. The van der Waals surface area contributed by atoms with E-state index in [0.717, 1.165) is 0 Å². The normalized spacial score (nSPS) is 10.9. The summed E-state index contributed by atoms with van der Waals surface area (Å²) in [6.45, 7) is 0. The monoisotopic (exact) mass is 463 g/mol. The van der Waals surface area contributed by atoms with Crippen LogP contribution in [-0.2, 0) is 0 Å². The van der Waals surface area contributed by atoms with Gasteiger partial charge in [0.1, 0.15) is 22.9 Å². The number of H-pyrrole nitrogens is 1. The maximum absolute atomic E-state index is 13.2. The van der Waals surface area contributed by atoms with Gasteiger partial charge in [-0.3, -0.25) is 9.89 Å². The minimum absolute atomic E-state index is 0.168. The molecule has 166 valence electrons. The maximum Gasteiger partial charge on any atom is 0.263 e. The molecule has 0 unspecified atom stereocenters. The highest BCUT2D eigenvalue weighted by atomic mass is 35.5. The molecule has 0 bridgehead atoms. The van der Waals surface area contributed by atoms with Crippen LogP contribution in [0.25, 0.3) is 0 Å². The number of halogens is 2. The Bertz CT molecular complexity index is 1270. The molecule has 3 aromatic carbocycles. The molecule has 1 amide bonds. The van der Waals surface area contributed by atoms with E-state index in [1.807, 2.05) is 12.1 Å². The van der Waals surface area contributed by atoms with E-state index in [-0.39, 0.29) is 17.2 Å². The van der Waals surface area contributed by atoms with Gasteiger partial charge < -0.3 is 15.4 Å². The summed E-state index contributed by atoms with van der Waals surface area (Å²) in [7, 11) is 1.59. The van der Waals surface area contributed by atoms with E-state index in [2.05, 4.69) is 25.8 Å². The topological polar surface area (TPSA) is 91.4 Å². The Kier molecular flexibility index (Phi) is 6.66. The quantitative estimate of drug-likeness (QED) is 0.295. The fraction of sp³-hybridized carbons (Fsp3) is 0.0417. The molecule has 0 saturated carbocycles. The third-order valence-electron chi connectivity index (χ3n) is 4.64. The van der Waals surface area contributed by atoms with Crippen molar-refractivity contribution in [3.8, 4) is 5.75 Å². The average molecular weight is 464 g/mol. The molecule has 0 saturated heterocycles. The molecule has 0 aliphatic rings. The van der Waals surface area contributed by atoms with Crippen LogP contribution in [-0.4, -0.2) is 29.4 Å². The van der Waals surface area contributed by atoms with E-state index in [1.54, 1.807) is 55.6 Å². The van der Waals surface area contributed by atoms with Gasteiger partial charge in [0.05, 0.1) is 7.11 Å². The van der Waals surface area contributed by atoms with Crippen molar-refractivity contribution in [2.24, 2.45) is 4.99 Å². The molecule has 4 aromatic rings. The lowest BCUT2D eigenvalue weighted by molar-refractivity contribution is 0.102. The van der Waals surface area contributed by atoms with Crippen LogP contribution in [0.2, 0.25) is 5.02 Å². The predicted molar refractivity (Wildman–Crippen MR) is 128 cm³/mol. The largest absolute Gasteiger partial charge is 0.497 e. The van der Waals surface area contributed by atoms with E-state index in [4.69, 9.17) is 16.3 Å². The van der Waals surface area contributed by atoms with Crippen LogP contribution in [0.5, 0.6) is 5.75 Å². The van der Waals surface area contributed by atoms with Crippen LogP contribution in [0.3, 0.4) is 0 Å². The zero-order chi connectivity index (χ0) is 23.2. The van der Waals surface area contributed by atoms with Crippen molar-refractivity contribution in [2.45, 2.75) is 0 Å². The first-order valence-electron chi connectivity index (χ1n) is 9.88. The van der Waals surface area contributed by atoms with Gasteiger partial charge in [0, 0.05) is 22.6 Å². The van der Waals surface area contributed by atoms with Gasteiger partial charge in [0.15, 0.2) is 5.82 Å².